The Morgan fingerprint density at radius 3 is 2.96 bits per heavy atom. The van der Waals surface area contributed by atoms with Crippen LogP contribution in [0, 0.1) is 0 Å². The Bertz CT molecular complexity index is 1290. The van der Waals surface area contributed by atoms with Gasteiger partial charge in [-0.05, 0) is 24.3 Å². The molecule has 10 heteroatoms. The van der Waals surface area contributed by atoms with Gasteiger partial charge in [-0.15, -0.1) is 20.4 Å². The van der Waals surface area contributed by atoms with E-state index in [0.717, 1.165) is 43.7 Å². The van der Waals surface area contributed by atoms with Crippen molar-refractivity contribution in [2.75, 3.05) is 11.5 Å². The molecule has 5 heterocycles. The van der Waals surface area contributed by atoms with Crippen molar-refractivity contribution in [3.63, 3.8) is 0 Å². The van der Waals surface area contributed by atoms with Crippen LogP contribution in [0.4, 0.5) is 0 Å². The molecule has 7 nitrogen and oxygen atoms in total. The minimum atomic E-state index is 0.299. The second kappa shape index (κ2) is 6.57. The summed E-state index contributed by atoms with van der Waals surface area (Å²) in [5, 5.41) is 19.4. The standard InChI is InChI=1S/C18H13N7S3/c1-2-6-14-13(5-1)25-17(22-23-18(25)28-14)27-10-12-9-26-16-21-20-15(24(12)16)11-4-3-7-19-8-11/h1-8,12H,9-10H2/t12-/m0/s1. The van der Waals surface area contributed by atoms with E-state index in [9.17, 15) is 0 Å². The third kappa shape index (κ3) is 2.55. The van der Waals surface area contributed by atoms with E-state index in [2.05, 4.69) is 58.6 Å². The van der Waals surface area contributed by atoms with Crippen molar-refractivity contribution in [2.24, 2.45) is 0 Å². The fraction of sp³-hybridized carbons (Fsp3) is 0.167. The molecule has 28 heavy (non-hydrogen) atoms. The van der Waals surface area contributed by atoms with Crippen molar-refractivity contribution >= 4 is 50.0 Å². The predicted molar refractivity (Wildman–Crippen MR) is 112 cm³/mol. The maximum atomic E-state index is 4.42. The molecule has 1 aliphatic heterocycles. The number of aromatic nitrogens is 7. The monoisotopic (exact) mass is 423 g/mol. The molecule has 0 saturated carbocycles. The number of fused-ring (bicyclic) bond motifs is 4. The summed E-state index contributed by atoms with van der Waals surface area (Å²) in [6.07, 6.45) is 3.61. The van der Waals surface area contributed by atoms with Gasteiger partial charge in [0.15, 0.2) is 16.1 Å². The molecule has 138 valence electrons. The maximum Gasteiger partial charge on any atom is 0.217 e. The van der Waals surface area contributed by atoms with Gasteiger partial charge in [0.2, 0.25) is 4.96 Å². The molecular weight excluding hydrogens is 410 g/mol. The Kier molecular flexibility index (Phi) is 3.88. The smallest absolute Gasteiger partial charge is 0.217 e. The van der Waals surface area contributed by atoms with Crippen LogP contribution in [0.1, 0.15) is 6.04 Å². The molecule has 5 aromatic rings. The van der Waals surface area contributed by atoms with Crippen LogP contribution in [0.25, 0.3) is 26.6 Å². The van der Waals surface area contributed by atoms with Crippen molar-refractivity contribution in [2.45, 2.75) is 16.4 Å². The molecule has 6 rings (SSSR count). The number of thioether (sulfide) groups is 2. The maximum absolute atomic E-state index is 4.42. The highest BCUT2D eigenvalue weighted by atomic mass is 32.2. The van der Waals surface area contributed by atoms with Gasteiger partial charge in [-0.25, -0.2) is 0 Å². The normalized spacial score (nSPS) is 16.2. The Morgan fingerprint density at radius 2 is 2.04 bits per heavy atom. The van der Waals surface area contributed by atoms with Crippen molar-refractivity contribution in [3.8, 4) is 11.4 Å². The second-order valence-corrected chi connectivity index (χ2v) is 9.35. The lowest BCUT2D eigenvalue weighted by Crippen LogP contribution is -2.11. The second-order valence-electron chi connectivity index (χ2n) is 6.36. The number of hydrogen-bond acceptors (Lipinski definition) is 8. The third-order valence-electron chi connectivity index (χ3n) is 4.67. The number of thiazole rings is 1. The quantitative estimate of drug-likeness (QED) is 0.404. The Hall–Kier alpha value is -2.43. The van der Waals surface area contributed by atoms with Gasteiger partial charge in [-0.2, -0.15) is 0 Å². The molecule has 0 unspecified atom stereocenters. The minimum Gasteiger partial charge on any atom is -0.297 e. The van der Waals surface area contributed by atoms with E-state index in [0.29, 0.717) is 6.04 Å². The highest BCUT2D eigenvalue weighted by Crippen LogP contribution is 2.39. The summed E-state index contributed by atoms with van der Waals surface area (Å²) < 4.78 is 5.62. The van der Waals surface area contributed by atoms with E-state index in [4.69, 9.17) is 0 Å². The zero-order valence-electron chi connectivity index (χ0n) is 14.5. The third-order valence-corrected chi connectivity index (χ3v) is 7.84. The van der Waals surface area contributed by atoms with E-state index in [1.807, 2.05) is 18.3 Å². The summed E-state index contributed by atoms with van der Waals surface area (Å²) >= 11 is 5.16. The van der Waals surface area contributed by atoms with Gasteiger partial charge >= 0.3 is 0 Å². The summed E-state index contributed by atoms with van der Waals surface area (Å²) in [6.45, 7) is 0. The van der Waals surface area contributed by atoms with Crippen LogP contribution < -0.4 is 0 Å². The van der Waals surface area contributed by atoms with Gasteiger partial charge in [0.25, 0.3) is 0 Å². The molecule has 0 N–H and O–H groups in total. The highest BCUT2D eigenvalue weighted by molar-refractivity contribution is 8.00. The first-order valence-corrected chi connectivity index (χ1v) is 11.5. The fourth-order valence-corrected chi connectivity index (χ4v) is 6.66. The number of rotatable bonds is 4. The molecule has 0 spiro atoms. The molecule has 1 atom stereocenters. The Morgan fingerprint density at radius 1 is 1.07 bits per heavy atom. The molecular formula is C18H13N7S3. The van der Waals surface area contributed by atoms with Crippen LogP contribution in [-0.2, 0) is 0 Å². The van der Waals surface area contributed by atoms with E-state index < -0.39 is 0 Å². The first kappa shape index (κ1) is 16.5. The molecule has 1 aliphatic rings. The molecule has 0 bridgehead atoms. The molecule has 0 saturated heterocycles. The van der Waals surface area contributed by atoms with Crippen LogP contribution in [-0.4, -0.2) is 45.9 Å². The molecule has 0 fully saturated rings. The summed E-state index contributed by atoms with van der Waals surface area (Å²) in [5.41, 5.74) is 2.16. The average Bonchev–Trinajstić information content (AvgIpc) is 3.48. The summed E-state index contributed by atoms with van der Waals surface area (Å²) in [6, 6.07) is 12.6. The lowest BCUT2D eigenvalue weighted by molar-refractivity contribution is 0.596. The van der Waals surface area contributed by atoms with E-state index in [1.54, 1.807) is 41.1 Å². The summed E-state index contributed by atoms with van der Waals surface area (Å²) in [7, 11) is 0. The first-order valence-electron chi connectivity index (χ1n) is 8.72. The van der Waals surface area contributed by atoms with Crippen molar-refractivity contribution in [1.82, 2.24) is 34.3 Å². The molecule has 0 aliphatic carbocycles. The molecule has 0 amide bonds. The van der Waals surface area contributed by atoms with Crippen LogP contribution in [0.2, 0.25) is 0 Å². The summed E-state index contributed by atoms with van der Waals surface area (Å²) in [5.74, 6) is 2.75. The van der Waals surface area contributed by atoms with E-state index in [1.165, 1.54) is 4.70 Å². The molecule has 1 aromatic carbocycles. The van der Waals surface area contributed by atoms with Crippen LogP contribution in [0.3, 0.4) is 0 Å². The average molecular weight is 424 g/mol. The van der Waals surface area contributed by atoms with Crippen LogP contribution >= 0.6 is 34.9 Å². The lowest BCUT2D eigenvalue weighted by Gasteiger charge is -2.13. The number of para-hydroxylation sites is 1. The SMILES string of the molecule is c1cncc(-c2nnc3n2[C@H](CSc2nnc4sc5ccccc5n24)CS3)c1. The van der Waals surface area contributed by atoms with Gasteiger partial charge < -0.3 is 0 Å². The first-order chi connectivity index (χ1) is 13.9. The summed E-state index contributed by atoms with van der Waals surface area (Å²) in [4.78, 5) is 5.16. The zero-order chi connectivity index (χ0) is 18.5. The van der Waals surface area contributed by atoms with E-state index in [-0.39, 0.29) is 0 Å². The van der Waals surface area contributed by atoms with Crippen LogP contribution in [0.15, 0.2) is 59.1 Å². The van der Waals surface area contributed by atoms with Gasteiger partial charge in [0.05, 0.1) is 16.3 Å². The van der Waals surface area contributed by atoms with E-state index >= 15 is 0 Å². The zero-order valence-corrected chi connectivity index (χ0v) is 16.9. The lowest BCUT2D eigenvalue weighted by atomic mass is 10.2. The predicted octanol–water partition coefficient (Wildman–Crippen LogP) is 4.04. The van der Waals surface area contributed by atoms with Crippen molar-refractivity contribution in [1.29, 1.82) is 0 Å². The van der Waals surface area contributed by atoms with Crippen LogP contribution in [0.5, 0.6) is 0 Å². The Balaban J connectivity index is 1.32. The van der Waals surface area contributed by atoms with Crippen molar-refractivity contribution in [3.05, 3.63) is 48.8 Å². The number of benzene rings is 1. The van der Waals surface area contributed by atoms with Gasteiger partial charge in [-0.1, -0.05) is 47.0 Å². The fourth-order valence-electron chi connectivity index (χ4n) is 3.38. The minimum absolute atomic E-state index is 0.299. The Labute approximate surface area is 172 Å². The molecule has 4 aromatic heterocycles. The topological polar surface area (TPSA) is 73.8 Å². The number of hydrogen-bond donors (Lipinski definition) is 0. The van der Waals surface area contributed by atoms with Crippen molar-refractivity contribution < 1.29 is 0 Å². The largest absolute Gasteiger partial charge is 0.297 e. The number of nitrogens with zero attached hydrogens (tertiary/aromatic N) is 7. The van der Waals surface area contributed by atoms with Gasteiger partial charge in [0.1, 0.15) is 0 Å². The van der Waals surface area contributed by atoms with Gasteiger partial charge in [0, 0.05) is 29.5 Å². The van der Waals surface area contributed by atoms with Gasteiger partial charge in [-0.3, -0.25) is 14.0 Å². The number of pyridine rings is 1. The molecule has 0 radical (unpaired) electrons. The highest BCUT2D eigenvalue weighted by Gasteiger charge is 2.29.